The molecule has 0 aromatic heterocycles. The number of nitrogens with zero attached hydrogens (tertiary/aromatic N) is 8. The number of likely N-dealkylation sites (tertiary alicyclic amines) is 1. The van der Waals surface area contributed by atoms with Gasteiger partial charge in [0.05, 0.1) is 26.1 Å². The van der Waals surface area contributed by atoms with Crippen molar-refractivity contribution in [3.05, 3.63) is 106 Å². The Balaban J connectivity index is 1.63. The van der Waals surface area contributed by atoms with Gasteiger partial charge in [-0.3, -0.25) is 57.5 Å². The predicted octanol–water partition coefficient (Wildman–Crippen LogP) is 3.83. The van der Waals surface area contributed by atoms with Crippen LogP contribution in [0.5, 0.6) is 0 Å². The van der Waals surface area contributed by atoms with E-state index in [0.29, 0.717) is 59.1 Å². The molecular weight excluding hydrogens is 1260 g/mol. The summed E-state index contributed by atoms with van der Waals surface area (Å²) in [6.07, 6.45) is 1.07. The lowest BCUT2D eigenvalue weighted by molar-refractivity contribution is -0.150. The smallest absolute Gasteiger partial charge is 0.246 e. The fourth-order valence-corrected chi connectivity index (χ4v) is 11.8. The summed E-state index contributed by atoms with van der Waals surface area (Å²) in [5, 5.41) is 12.0. The summed E-state index contributed by atoms with van der Waals surface area (Å²) in [4.78, 5) is 185. The molecular formula is C69H98Cl2N12O12. The van der Waals surface area contributed by atoms with Gasteiger partial charge in [-0.25, -0.2) is 0 Å². The lowest BCUT2D eigenvalue weighted by atomic mass is 9.97. The molecule has 1 unspecified atom stereocenters. The first-order valence-corrected chi connectivity index (χ1v) is 33.3. The van der Waals surface area contributed by atoms with E-state index in [1.165, 1.54) is 66.1 Å². The lowest BCUT2D eigenvalue weighted by Gasteiger charge is -2.37. The average Bonchev–Trinajstić information content (AvgIpc) is 1.06. The van der Waals surface area contributed by atoms with Gasteiger partial charge in [0.1, 0.15) is 48.3 Å². The van der Waals surface area contributed by atoms with Crippen molar-refractivity contribution >= 4 is 94.1 Å². The van der Waals surface area contributed by atoms with E-state index in [4.69, 9.17) is 23.2 Å². The number of benzene rings is 3. The van der Waals surface area contributed by atoms with Gasteiger partial charge >= 0.3 is 0 Å². The maximum absolute atomic E-state index is 15.5. The minimum Gasteiger partial charge on any atom is -0.342 e. The normalized spacial score (nSPS) is 23.9. The summed E-state index contributed by atoms with van der Waals surface area (Å²) in [6, 6.07) is 11.7. The molecule has 26 heteroatoms. The molecule has 2 saturated heterocycles. The highest BCUT2D eigenvalue weighted by Gasteiger charge is 2.42. The second-order valence-corrected chi connectivity index (χ2v) is 27.1. The van der Waals surface area contributed by atoms with E-state index in [9.17, 15) is 43.2 Å². The van der Waals surface area contributed by atoms with Crippen molar-refractivity contribution < 1.29 is 57.5 Å². The summed E-state index contributed by atoms with van der Waals surface area (Å²) in [6.45, 7) is 11.4. The number of nitrogens with one attached hydrogen (secondary N) is 4. The molecule has 0 saturated carbocycles. The SMILES string of the molecule is CC[C@H](C)[C@@H]1NC(=O)[C@H](C)N(C)C(=O)CC(C(=O)N2CCCC2)NC(=O)[C@H](CC(C)C)N(C)C(=O)[C@H](Cc2ccccc2)N(C)C(=O)[C@H](CC(C)C)NC(=O)[C@H](Cc2cccc(Cl)c2)NC(=O)CN(C)C(=O)[C@H](Cc2ccc(Cl)cc2)N(C)C(=O)CN(C)C(=O)CN(C)C1=O. The van der Waals surface area contributed by atoms with Crippen LogP contribution in [0.25, 0.3) is 0 Å². The fraction of sp³-hybridized carbons (Fsp3) is 0.565. The number of hydrogen-bond donors (Lipinski definition) is 4. The van der Waals surface area contributed by atoms with Crippen molar-refractivity contribution in [2.24, 2.45) is 17.8 Å². The summed E-state index contributed by atoms with van der Waals surface area (Å²) < 4.78 is 0. The second kappa shape index (κ2) is 36.1. The third kappa shape index (κ3) is 22.2. The first-order valence-electron chi connectivity index (χ1n) is 32.5. The molecule has 2 fully saturated rings. The van der Waals surface area contributed by atoms with Crippen molar-refractivity contribution in [2.45, 2.75) is 155 Å². The third-order valence-electron chi connectivity index (χ3n) is 17.8. The summed E-state index contributed by atoms with van der Waals surface area (Å²) in [5.41, 5.74) is 1.79. The molecule has 24 nitrogen and oxygen atoms in total. The number of amides is 12. The number of rotatable bonds is 13. The van der Waals surface area contributed by atoms with Gasteiger partial charge in [-0.05, 0) is 91.3 Å². The number of hydrogen-bond acceptors (Lipinski definition) is 12. The summed E-state index contributed by atoms with van der Waals surface area (Å²) in [7, 11) is 9.69. The van der Waals surface area contributed by atoms with Crippen molar-refractivity contribution in [1.29, 1.82) is 0 Å². The Bertz CT molecular complexity index is 3200. The van der Waals surface area contributed by atoms with E-state index in [1.807, 2.05) is 34.6 Å². The molecule has 520 valence electrons. The Hall–Kier alpha value is -8.12. The minimum atomic E-state index is -1.46. The van der Waals surface area contributed by atoms with Crippen LogP contribution in [0.15, 0.2) is 78.9 Å². The summed E-state index contributed by atoms with van der Waals surface area (Å²) >= 11 is 12.7. The number of likely N-dealkylation sites (N-methyl/N-ethyl adjacent to an activating group) is 7. The van der Waals surface area contributed by atoms with Crippen LogP contribution in [0, 0.1) is 17.8 Å². The molecule has 0 spiro atoms. The highest BCUT2D eigenvalue weighted by molar-refractivity contribution is 6.30. The van der Waals surface area contributed by atoms with E-state index in [-0.39, 0.29) is 43.9 Å². The van der Waals surface area contributed by atoms with Crippen LogP contribution in [0.1, 0.15) is 104 Å². The van der Waals surface area contributed by atoms with Gasteiger partial charge in [0.15, 0.2) is 0 Å². The van der Waals surface area contributed by atoms with Crippen LogP contribution in [0.4, 0.5) is 0 Å². The first-order chi connectivity index (χ1) is 44.7. The molecule has 12 amide bonds. The molecule has 0 aliphatic carbocycles. The largest absolute Gasteiger partial charge is 0.342 e. The Morgan fingerprint density at radius 2 is 1.05 bits per heavy atom. The molecule has 3 aromatic rings. The summed E-state index contributed by atoms with van der Waals surface area (Å²) in [5.74, 6) is -9.28. The van der Waals surface area contributed by atoms with Crippen LogP contribution < -0.4 is 21.3 Å². The van der Waals surface area contributed by atoms with Crippen LogP contribution in [-0.4, -0.2) is 240 Å². The molecule has 5 rings (SSSR count). The van der Waals surface area contributed by atoms with E-state index in [0.717, 1.165) is 24.5 Å². The Morgan fingerprint density at radius 3 is 1.64 bits per heavy atom. The van der Waals surface area contributed by atoms with Crippen molar-refractivity contribution in [3.63, 3.8) is 0 Å². The van der Waals surface area contributed by atoms with Gasteiger partial charge in [0.2, 0.25) is 70.9 Å². The van der Waals surface area contributed by atoms with Crippen molar-refractivity contribution in [3.8, 4) is 0 Å². The molecule has 0 bridgehead atoms. The Labute approximate surface area is 569 Å². The van der Waals surface area contributed by atoms with Crippen LogP contribution in [0.2, 0.25) is 10.0 Å². The molecule has 95 heavy (non-hydrogen) atoms. The average molecular weight is 1360 g/mol. The van der Waals surface area contributed by atoms with Gasteiger partial charge < -0.3 is 60.5 Å². The van der Waals surface area contributed by atoms with E-state index >= 15 is 14.4 Å². The van der Waals surface area contributed by atoms with Crippen LogP contribution in [0.3, 0.4) is 0 Å². The molecule has 2 aliphatic heterocycles. The lowest BCUT2D eigenvalue weighted by Crippen LogP contribution is -2.61. The van der Waals surface area contributed by atoms with Gasteiger partial charge in [0, 0.05) is 91.7 Å². The molecule has 9 atom stereocenters. The number of carbonyl (C=O) groups is 12. The van der Waals surface area contributed by atoms with Crippen LogP contribution in [-0.2, 0) is 76.8 Å². The number of halogens is 2. The third-order valence-corrected chi connectivity index (χ3v) is 18.3. The van der Waals surface area contributed by atoms with Crippen molar-refractivity contribution in [1.82, 2.24) is 60.5 Å². The highest BCUT2D eigenvalue weighted by atomic mass is 35.5. The Morgan fingerprint density at radius 1 is 0.495 bits per heavy atom. The topological polar surface area (TPSA) is 279 Å². The van der Waals surface area contributed by atoms with E-state index < -0.39 is 151 Å². The van der Waals surface area contributed by atoms with Gasteiger partial charge in [-0.1, -0.05) is 126 Å². The quantitative estimate of drug-likeness (QED) is 0.190. The first kappa shape index (κ1) is 77.6. The van der Waals surface area contributed by atoms with Gasteiger partial charge in [0.25, 0.3) is 0 Å². The molecule has 2 heterocycles. The monoisotopic (exact) mass is 1360 g/mol. The maximum atomic E-state index is 15.5. The molecule has 2 aliphatic rings. The van der Waals surface area contributed by atoms with Crippen molar-refractivity contribution in [2.75, 3.05) is 82.1 Å². The number of carbonyl (C=O) groups excluding carboxylic acids is 12. The fourth-order valence-electron chi connectivity index (χ4n) is 11.5. The molecule has 3 aromatic carbocycles. The predicted molar refractivity (Wildman–Crippen MR) is 362 cm³/mol. The zero-order valence-corrected chi connectivity index (χ0v) is 59.0. The second-order valence-electron chi connectivity index (χ2n) is 26.2. The standard InChI is InChI=1S/C69H98Cl2N12O12/c1-15-44(6)61-69(95)78(10)40-59(86)76(8)41-60(87)80(12)55(37-47-26-28-49(70)29-27-47)67(93)77(9)39-57(84)72-51(35-48-24-21-25-50(71)34-48)63(89)73-52(32-42(2)3)65(91)82(14)56(36-46-22-17-16-18-23-46)68(94)81(13)54(33-43(4)5)64(90)74-53(66(92)83-30-19-20-31-83)38-58(85)79(11)45(7)62(88)75-61/h16-18,21-29,34,42-45,51-56,61H,15,19-20,30-33,35-41H2,1-14H3,(H,72,84)(H,73,89)(H,74,90)(H,75,88)/t44-,45-,51-,52-,53?,54-,55-,56-,61-/m0/s1. The molecule has 4 N–H and O–H groups in total. The highest BCUT2D eigenvalue weighted by Crippen LogP contribution is 2.23. The zero-order chi connectivity index (χ0) is 70.7. The van der Waals surface area contributed by atoms with Crippen LogP contribution >= 0.6 is 23.2 Å². The maximum Gasteiger partial charge on any atom is 0.246 e. The van der Waals surface area contributed by atoms with Gasteiger partial charge in [-0.15, -0.1) is 0 Å². The van der Waals surface area contributed by atoms with Gasteiger partial charge in [-0.2, -0.15) is 0 Å². The molecule has 0 radical (unpaired) electrons. The minimum absolute atomic E-state index is 0.0445. The Kier molecular flexibility index (Phi) is 29.5. The van der Waals surface area contributed by atoms with E-state index in [1.54, 1.807) is 90.7 Å². The zero-order valence-electron chi connectivity index (χ0n) is 57.5. The van der Waals surface area contributed by atoms with E-state index in [2.05, 4.69) is 21.3 Å².